The Morgan fingerprint density at radius 3 is 2.52 bits per heavy atom. The van der Waals surface area contributed by atoms with Gasteiger partial charge in [-0.2, -0.15) is 0 Å². The Bertz CT molecular complexity index is 661. The van der Waals surface area contributed by atoms with Crippen molar-refractivity contribution in [1.82, 2.24) is 14.8 Å². The van der Waals surface area contributed by atoms with Crippen molar-refractivity contribution in [3.63, 3.8) is 0 Å². The van der Waals surface area contributed by atoms with Gasteiger partial charge in [-0.3, -0.25) is 9.88 Å². The molecule has 0 spiro atoms. The van der Waals surface area contributed by atoms with E-state index in [1.807, 2.05) is 12.4 Å². The zero-order valence-electron chi connectivity index (χ0n) is 15.7. The van der Waals surface area contributed by atoms with Crippen LogP contribution in [0.5, 0.6) is 0 Å². The second-order valence-electron chi connectivity index (χ2n) is 7.45. The third-order valence-corrected chi connectivity index (χ3v) is 4.85. The molecule has 1 aliphatic rings. The second kappa shape index (κ2) is 8.45. The summed E-state index contributed by atoms with van der Waals surface area (Å²) >= 11 is 0. The van der Waals surface area contributed by atoms with Crippen LogP contribution in [0.1, 0.15) is 29.5 Å². The molecule has 0 saturated carbocycles. The molecule has 4 heteroatoms. The number of benzene rings is 1. The summed E-state index contributed by atoms with van der Waals surface area (Å²) in [6.45, 7) is 6.47. The normalized spacial score (nSPS) is 16.3. The van der Waals surface area contributed by atoms with Gasteiger partial charge < -0.3 is 10.2 Å². The molecule has 1 saturated heterocycles. The number of aryl methyl sites for hydroxylation is 1. The fourth-order valence-electron chi connectivity index (χ4n) is 3.54. The molecule has 0 unspecified atom stereocenters. The highest BCUT2D eigenvalue weighted by atomic mass is 15.1. The molecule has 0 aliphatic carbocycles. The molecule has 25 heavy (non-hydrogen) atoms. The lowest BCUT2D eigenvalue weighted by Gasteiger charge is -2.33. The van der Waals surface area contributed by atoms with Gasteiger partial charge in [0.25, 0.3) is 0 Å². The fraction of sp³-hybridized carbons (Fsp3) is 0.476. The van der Waals surface area contributed by atoms with E-state index in [-0.39, 0.29) is 0 Å². The lowest BCUT2D eigenvalue weighted by Crippen LogP contribution is -2.38. The predicted molar refractivity (Wildman–Crippen MR) is 105 cm³/mol. The number of nitrogens with one attached hydrogen (secondary N) is 1. The quantitative estimate of drug-likeness (QED) is 0.873. The van der Waals surface area contributed by atoms with Crippen molar-refractivity contribution in [3.8, 4) is 0 Å². The minimum Gasteiger partial charge on any atom is -0.382 e. The summed E-state index contributed by atoms with van der Waals surface area (Å²) in [7, 11) is 4.26. The van der Waals surface area contributed by atoms with E-state index in [0.717, 1.165) is 26.2 Å². The molecule has 134 valence electrons. The number of anilines is 1. The summed E-state index contributed by atoms with van der Waals surface area (Å²) in [5, 5.41) is 3.80. The maximum absolute atomic E-state index is 4.10. The van der Waals surface area contributed by atoms with Crippen LogP contribution in [0.2, 0.25) is 0 Å². The molecule has 0 radical (unpaired) electrons. The summed E-state index contributed by atoms with van der Waals surface area (Å²) in [6.07, 6.45) is 6.15. The van der Waals surface area contributed by atoms with Crippen LogP contribution in [0.15, 0.2) is 42.7 Å². The molecular weight excluding hydrogens is 308 g/mol. The number of pyridine rings is 1. The van der Waals surface area contributed by atoms with Crippen LogP contribution in [0.25, 0.3) is 0 Å². The van der Waals surface area contributed by atoms with Crippen molar-refractivity contribution < 1.29 is 0 Å². The second-order valence-corrected chi connectivity index (χ2v) is 7.45. The third kappa shape index (κ3) is 5.28. The van der Waals surface area contributed by atoms with Gasteiger partial charge in [0.2, 0.25) is 0 Å². The van der Waals surface area contributed by atoms with Crippen LogP contribution in [0.3, 0.4) is 0 Å². The van der Waals surface area contributed by atoms with Crippen LogP contribution >= 0.6 is 0 Å². The number of aromatic nitrogens is 1. The Morgan fingerprint density at radius 2 is 1.84 bits per heavy atom. The van der Waals surface area contributed by atoms with Crippen molar-refractivity contribution in [1.29, 1.82) is 0 Å². The van der Waals surface area contributed by atoms with Crippen LogP contribution < -0.4 is 5.32 Å². The van der Waals surface area contributed by atoms with Crippen LogP contribution in [-0.2, 0) is 13.1 Å². The van der Waals surface area contributed by atoms with Crippen molar-refractivity contribution in [2.24, 2.45) is 0 Å². The fourth-order valence-corrected chi connectivity index (χ4v) is 3.54. The molecule has 1 aliphatic heterocycles. The van der Waals surface area contributed by atoms with Gasteiger partial charge in [0.15, 0.2) is 0 Å². The largest absolute Gasteiger partial charge is 0.382 e. The number of hydrogen-bond acceptors (Lipinski definition) is 4. The molecule has 0 amide bonds. The van der Waals surface area contributed by atoms with E-state index in [4.69, 9.17) is 0 Å². The summed E-state index contributed by atoms with van der Waals surface area (Å²) in [6, 6.07) is 11.6. The number of nitrogens with zero attached hydrogens (tertiary/aromatic N) is 3. The van der Waals surface area contributed by atoms with Gasteiger partial charge in [0, 0.05) is 50.3 Å². The molecule has 0 bridgehead atoms. The zero-order valence-corrected chi connectivity index (χ0v) is 15.7. The molecule has 1 aromatic carbocycles. The Balaban J connectivity index is 1.55. The van der Waals surface area contributed by atoms with E-state index < -0.39 is 0 Å². The average molecular weight is 338 g/mol. The highest BCUT2D eigenvalue weighted by molar-refractivity contribution is 5.53. The molecule has 3 rings (SSSR count). The van der Waals surface area contributed by atoms with E-state index in [1.54, 1.807) is 0 Å². The molecule has 2 aromatic rings. The lowest BCUT2D eigenvalue weighted by molar-refractivity contribution is 0.211. The molecule has 1 N–H and O–H groups in total. The van der Waals surface area contributed by atoms with Gasteiger partial charge in [0.1, 0.15) is 0 Å². The Labute approximate surface area is 151 Å². The zero-order chi connectivity index (χ0) is 17.6. The van der Waals surface area contributed by atoms with Crippen molar-refractivity contribution in [3.05, 3.63) is 59.4 Å². The Hall–Kier alpha value is -1.91. The number of likely N-dealkylation sites (tertiary alicyclic amines) is 1. The highest BCUT2D eigenvalue weighted by Gasteiger charge is 2.20. The van der Waals surface area contributed by atoms with Gasteiger partial charge in [-0.15, -0.1) is 0 Å². The minimum atomic E-state index is 0.567. The van der Waals surface area contributed by atoms with E-state index >= 15 is 0 Å². The van der Waals surface area contributed by atoms with Gasteiger partial charge >= 0.3 is 0 Å². The van der Waals surface area contributed by atoms with Crippen molar-refractivity contribution in [2.75, 3.05) is 32.5 Å². The predicted octanol–water partition coefficient (Wildman–Crippen LogP) is 3.53. The Kier molecular flexibility index (Phi) is 6.05. The molecule has 2 heterocycles. The summed E-state index contributed by atoms with van der Waals surface area (Å²) < 4.78 is 0. The molecule has 0 atom stereocenters. The van der Waals surface area contributed by atoms with Gasteiger partial charge in [-0.25, -0.2) is 0 Å². The first-order chi connectivity index (χ1) is 12.1. The summed E-state index contributed by atoms with van der Waals surface area (Å²) in [4.78, 5) is 8.88. The summed E-state index contributed by atoms with van der Waals surface area (Å²) in [5.41, 5.74) is 5.37. The number of rotatable bonds is 6. The van der Waals surface area contributed by atoms with Gasteiger partial charge in [-0.1, -0.05) is 17.7 Å². The standard InChI is InChI=1S/C21H30N4/c1-17-4-5-21(19(14-17)16-24(2)3)23-20-8-12-25(13-9-20)15-18-6-10-22-11-7-18/h4-7,10-11,14,20,23H,8-9,12-13,15-16H2,1-3H3. The van der Waals surface area contributed by atoms with E-state index in [9.17, 15) is 0 Å². The topological polar surface area (TPSA) is 31.4 Å². The van der Waals surface area contributed by atoms with Crippen LogP contribution in [0.4, 0.5) is 5.69 Å². The average Bonchev–Trinajstić information content (AvgIpc) is 2.59. The molecular formula is C21H30N4. The molecule has 1 aromatic heterocycles. The first-order valence-corrected chi connectivity index (χ1v) is 9.22. The molecule has 4 nitrogen and oxygen atoms in total. The van der Waals surface area contributed by atoms with Crippen molar-refractivity contribution >= 4 is 5.69 Å². The van der Waals surface area contributed by atoms with E-state index in [0.29, 0.717) is 6.04 Å². The van der Waals surface area contributed by atoms with Crippen LogP contribution in [0, 0.1) is 6.92 Å². The summed E-state index contributed by atoms with van der Waals surface area (Å²) in [5.74, 6) is 0. The first kappa shape index (κ1) is 17.9. The number of piperidine rings is 1. The smallest absolute Gasteiger partial charge is 0.0388 e. The lowest BCUT2D eigenvalue weighted by atomic mass is 10.0. The Morgan fingerprint density at radius 1 is 1.12 bits per heavy atom. The number of hydrogen-bond donors (Lipinski definition) is 1. The minimum absolute atomic E-state index is 0.567. The maximum Gasteiger partial charge on any atom is 0.0388 e. The molecule has 1 fully saturated rings. The van der Waals surface area contributed by atoms with Gasteiger partial charge in [-0.05, 0) is 63.2 Å². The van der Waals surface area contributed by atoms with E-state index in [1.165, 1.54) is 35.2 Å². The monoisotopic (exact) mass is 338 g/mol. The van der Waals surface area contributed by atoms with Gasteiger partial charge in [0.05, 0.1) is 0 Å². The van der Waals surface area contributed by atoms with Crippen LogP contribution in [-0.4, -0.2) is 48.0 Å². The maximum atomic E-state index is 4.10. The SMILES string of the molecule is Cc1ccc(NC2CCN(Cc3ccncc3)CC2)c(CN(C)C)c1. The highest BCUT2D eigenvalue weighted by Crippen LogP contribution is 2.23. The first-order valence-electron chi connectivity index (χ1n) is 9.22. The third-order valence-electron chi connectivity index (χ3n) is 4.85. The van der Waals surface area contributed by atoms with E-state index in [2.05, 4.69) is 71.5 Å². The van der Waals surface area contributed by atoms with Crippen molar-refractivity contribution in [2.45, 2.75) is 38.9 Å².